The standard InChI is InChI=1S/C11H14ClFO/c1-8(2)14-11-4-3-9(5-6-12)7-10(11)13/h3-4,7-8H,5-6H2,1-2H3. The molecule has 0 N–H and O–H groups in total. The Hall–Kier alpha value is -0.760. The van der Waals surface area contributed by atoms with Crippen molar-refractivity contribution in [2.75, 3.05) is 5.88 Å². The molecule has 0 heterocycles. The van der Waals surface area contributed by atoms with Gasteiger partial charge in [0.1, 0.15) is 0 Å². The fourth-order valence-corrected chi connectivity index (χ4v) is 1.38. The van der Waals surface area contributed by atoms with Gasteiger partial charge in [0.05, 0.1) is 6.10 Å². The highest BCUT2D eigenvalue weighted by molar-refractivity contribution is 6.17. The average molecular weight is 217 g/mol. The maximum absolute atomic E-state index is 13.4. The van der Waals surface area contributed by atoms with Gasteiger partial charge in [0.15, 0.2) is 11.6 Å². The minimum absolute atomic E-state index is 0.0108. The predicted octanol–water partition coefficient (Wildman–Crippen LogP) is 3.39. The first-order chi connectivity index (χ1) is 6.63. The van der Waals surface area contributed by atoms with Crippen molar-refractivity contribution in [2.45, 2.75) is 26.4 Å². The second kappa shape index (κ2) is 5.20. The van der Waals surface area contributed by atoms with Crippen LogP contribution in [0.2, 0.25) is 0 Å². The molecule has 0 fully saturated rings. The molecule has 0 aliphatic rings. The highest BCUT2D eigenvalue weighted by atomic mass is 35.5. The van der Waals surface area contributed by atoms with E-state index >= 15 is 0 Å². The van der Waals surface area contributed by atoms with Crippen LogP contribution in [0.25, 0.3) is 0 Å². The monoisotopic (exact) mass is 216 g/mol. The summed E-state index contributed by atoms with van der Waals surface area (Å²) in [4.78, 5) is 0. The van der Waals surface area contributed by atoms with Gasteiger partial charge in [-0.2, -0.15) is 0 Å². The Bertz CT molecular complexity index is 299. The Morgan fingerprint density at radius 2 is 2.14 bits per heavy atom. The van der Waals surface area contributed by atoms with E-state index < -0.39 is 0 Å². The van der Waals surface area contributed by atoms with Gasteiger partial charge in [-0.05, 0) is 38.0 Å². The molecule has 0 atom stereocenters. The highest BCUT2D eigenvalue weighted by Crippen LogP contribution is 2.19. The number of hydrogen-bond donors (Lipinski definition) is 0. The lowest BCUT2D eigenvalue weighted by atomic mass is 10.1. The molecule has 0 aromatic heterocycles. The minimum atomic E-state index is -0.318. The van der Waals surface area contributed by atoms with E-state index in [1.54, 1.807) is 6.07 Å². The van der Waals surface area contributed by atoms with Crippen LogP contribution in [-0.4, -0.2) is 12.0 Å². The minimum Gasteiger partial charge on any atom is -0.488 e. The van der Waals surface area contributed by atoms with Crippen LogP contribution in [0.3, 0.4) is 0 Å². The van der Waals surface area contributed by atoms with E-state index in [2.05, 4.69) is 0 Å². The first kappa shape index (κ1) is 11.3. The van der Waals surface area contributed by atoms with Gasteiger partial charge < -0.3 is 4.74 Å². The van der Waals surface area contributed by atoms with Gasteiger partial charge in [-0.3, -0.25) is 0 Å². The quantitative estimate of drug-likeness (QED) is 0.701. The van der Waals surface area contributed by atoms with Crippen LogP contribution in [0.4, 0.5) is 4.39 Å². The molecular formula is C11H14ClFO. The van der Waals surface area contributed by atoms with Crippen LogP contribution in [0.1, 0.15) is 19.4 Å². The largest absolute Gasteiger partial charge is 0.488 e. The van der Waals surface area contributed by atoms with Crippen molar-refractivity contribution in [3.8, 4) is 5.75 Å². The van der Waals surface area contributed by atoms with Crippen LogP contribution < -0.4 is 4.74 Å². The zero-order chi connectivity index (χ0) is 10.6. The second-order valence-corrected chi connectivity index (χ2v) is 3.75. The summed E-state index contributed by atoms with van der Waals surface area (Å²) >= 11 is 5.56. The fraction of sp³-hybridized carbons (Fsp3) is 0.455. The molecule has 0 spiro atoms. The number of rotatable bonds is 4. The summed E-state index contributed by atoms with van der Waals surface area (Å²) in [6.45, 7) is 3.73. The zero-order valence-electron chi connectivity index (χ0n) is 8.39. The summed E-state index contributed by atoms with van der Waals surface area (Å²) in [6.07, 6.45) is 0.670. The zero-order valence-corrected chi connectivity index (χ0v) is 9.14. The number of alkyl halides is 1. The maximum atomic E-state index is 13.4. The molecule has 0 saturated carbocycles. The van der Waals surface area contributed by atoms with Gasteiger partial charge in [-0.1, -0.05) is 6.07 Å². The lowest BCUT2D eigenvalue weighted by Gasteiger charge is -2.11. The lowest BCUT2D eigenvalue weighted by molar-refractivity contribution is 0.231. The van der Waals surface area contributed by atoms with Crippen molar-refractivity contribution in [1.82, 2.24) is 0 Å². The van der Waals surface area contributed by atoms with E-state index in [1.807, 2.05) is 19.9 Å². The summed E-state index contributed by atoms with van der Waals surface area (Å²) in [7, 11) is 0. The maximum Gasteiger partial charge on any atom is 0.165 e. The molecule has 78 valence electrons. The Kier molecular flexibility index (Phi) is 4.21. The van der Waals surface area contributed by atoms with Gasteiger partial charge in [-0.15, -0.1) is 11.6 Å². The number of ether oxygens (including phenoxy) is 1. The molecule has 0 aliphatic carbocycles. The van der Waals surface area contributed by atoms with Crippen LogP contribution >= 0.6 is 11.6 Å². The Balaban J connectivity index is 2.79. The molecule has 0 aliphatic heterocycles. The lowest BCUT2D eigenvalue weighted by Crippen LogP contribution is -2.07. The Labute approximate surface area is 88.8 Å². The number of benzene rings is 1. The van der Waals surface area contributed by atoms with Crippen LogP contribution in [0, 0.1) is 5.82 Å². The predicted molar refractivity (Wildman–Crippen MR) is 56.6 cm³/mol. The third-order valence-corrected chi connectivity index (χ3v) is 1.93. The first-order valence-electron chi connectivity index (χ1n) is 4.64. The van der Waals surface area contributed by atoms with Crippen molar-refractivity contribution in [1.29, 1.82) is 0 Å². The van der Waals surface area contributed by atoms with Crippen LogP contribution in [-0.2, 0) is 6.42 Å². The number of aryl methyl sites for hydroxylation is 1. The Morgan fingerprint density at radius 1 is 1.43 bits per heavy atom. The summed E-state index contributed by atoms with van der Waals surface area (Å²) in [5.74, 6) is 0.490. The number of hydrogen-bond acceptors (Lipinski definition) is 1. The van der Waals surface area contributed by atoms with E-state index in [9.17, 15) is 4.39 Å². The van der Waals surface area contributed by atoms with E-state index in [-0.39, 0.29) is 11.9 Å². The van der Waals surface area contributed by atoms with Gasteiger partial charge >= 0.3 is 0 Å². The van der Waals surface area contributed by atoms with Crippen molar-refractivity contribution < 1.29 is 9.13 Å². The summed E-state index contributed by atoms with van der Waals surface area (Å²) in [5, 5.41) is 0. The van der Waals surface area contributed by atoms with E-state index in [1.165, 1.54) is 6.07 Å². The molecule has 0 saturated heterocycles. The summed E-state index contributed by atoms with van der Waals surface area (Å²) < 4.78 is 18.6. The van der Waals surface area contributed by atoms with Crippen LogP contribution in [0.5, 0.6) is 5.75 Å². The first-order valence-corrected chi connectivity index (χ1v) is 5.18. The van der Waals surface area contributed by atoms with Crippen molar-refractivity contribution >= 4 is 11.6 Å². The van der Waals surface area contributed by atoms with E-state index in [4.69, 9.17) is 16.3 Å². The number of halogens is 2. The summed E-state index contributed by atoms with van der Waals surface area (Å²) in [5.41, 5.74) is 0.897. The summed E-state index contributed by atoms with van der Waals surface area (Å²) in [6, 6.07) is 4.96. The van der Waals surface area contributed by atoms with Crippen molar-refractivity contribution in [3.05, 3.63) is 29.6 Å². The Morgan fingerprint density at radius 3 is 2.64 bits per heavy atom. The molecular weight excluding hydrogens is 203 g/mol. The average Bonchev–Trinajstić information content (AvgIpc) is 2.10. The topological polar surface area (TPSA) is 9.23 Å². The van der Waals surface area contributed by atoms with Gasteiger partial charge in [-0.25, -0.2) is 4.39 Å². The molecule has 3 heteroatoms. The fourth-order valence-electron chi connectivity index (χ4n) is 1.16. The highest BCUT2D eigenvalue weighted by Gasteiger charge is 2.05. The van der Waals surface area contributed by atoms with Crippen molar-refractivity contribution in [3.63, 3.8) is 0 Å². The van der Waals surface area contributed by atoms with E-state index in [0.717, 1.165) is 5.56 Å². The third kappa shape index (κ3) is 3.18. The SMILES string of the molecule is CC(C)Oc1ccc(CCCl)cc1F. The molecule has 1 aromatic rings. The van der Waals surface area contributed by atoms with Gasteiger partial charge in [0, 0.05) is 5.88 Å². The molecule has 0 unspecified atom stereocenters. The molecule has 0 radical (unpaired) electrons. The van der Waals surface area contributed by atoms with Crippen LogP contribution in [0.15, 0.2) is 18.2 Å². The molecule has 0 bridgehead atoms. The van der Waals surface area contributed by atoms with Crippen molar-refractivity contribution in [2.24, 2.45) is 0 Å². The third-order valence-electron chi connectivity index (χ3n) is 1.74. The molecule has 1 nitrogen and oxygen atoms in total. The van der Waals surface area contributed by atoms with Gasteiger partial charge in [0.25, 0.3) is 0 Å². The smallest absolute Gasteiger partial charge is 0.165 e. The van der Waals surface area contributed by atoms with E-state index in [0.29, 0.717) is 18.1 Å². The molecule has 1 rings (SSSR count). The normalized spacial score (nSPS) is 10.6. The molecule has 0 amide bonds. The molecule has 14 heavy (non-hydrogen) atoms. The van der Waals surface area contributed by atoms with Gasteiger partial charge in [0.2, 0.25) is 0 Å². The second-order valence-electron chi connectivity index (χ2n) is 3.37. The molecule has 1 aromatic carbocycles.